The number of aryl methyl sites for hydroxylation is 1. The van der Waals surface area contributed by atoms with E-state index in [0.717, 1.165) is 54.5 Å². The first-order chi connectivity index (χ1) is 18.4. The highest BCUT2D eigenvalue weighted by Crippen LogP contribution is 2.37. The smallest absolute Gasteiger partial charge is 0.303 e. The van der Waals surface area contributed by atoms with Crippen molar-refractivity contribution in [1.29, 1.82) is 0 Å². The summed E-state index contributed by atoms with van der Waals surface area (Å²) in [6.07, 6.45) is 5.15. The first-order valence-electron chi connectivity index (χ1n) is 13.5. The van der Waals surface area contributed by atoms with Crippen LogP contribution in [0.25, 0.3) is 11.1 Å². The van der Waals surface area contributed by atoms with E-state index in [2.05, 4.69) is 29.7 Å². The molecule has 3 aromatic carbocycles. The van der Waals surface area contributed by atoms with E-state index in [1.54, 1.807) is 0 Å². The molecule has 6 heteroatoms. The summed E-state index contributed by atoms with van der Waals surface area (Å²) < 4.78 is 0. The van der Waals surface area contributed by atoms with Crippen molar-refractivity contribution < 1.29 is 19.5 Å². The molecule has 1 aliphatic rings. The minimum Gasteiger partial charge on any atom is -0.481 e. The lowest BCUT2D eigenvalue weighted by Gasteiger charge is -2.28. The Hall–Kier alpha value is -3.93. The summed E-state index contributed by atoms with van der Waals surface area (Å²) in [5.41, 5.74) is 5.92. The third-order valence-electron chi connectivity index (χ3n) is 7.45. The zero-order valence-corrected chi connectivity index (χ0v) is 21.9. The molecule has 198 valence electrons. The number of amides is 2. The Labute approximate surface area is 224 Å². The molecule has 0 atom stereocenters. The van der Waals surface area contributed by atoms with Gasteiger partial charge in [-0.25, -0.2) is 0 Å². The van der Waals surface area contributed by atoms with Gasteiger partial charge < -0.3 is 15.7 Å². The van der Waals surface area contributed by atoms with Crippen LogP contribution < -0.4 is 10.6 Å². The summed E-state index contributed by atoms with van der Waals surface area (Å²) in [4.78, 5) is 36.1. The van der Waals surface area contributed by atoms with Crippen LogP contribution in [0.2, 0.25) is 0 Å². The van der Waals surface area contributed by atoms with Crippen molar-refractivity contribution in [2.75, 3.05) is 11.9 Å². The number of anilines is 1. The molecule has 1 aliphatic carbocycles. The maximum atomic E-state index is 12.7. The standard InChI is InChI=1S/C32H36N2O4/c1-2-23-21-27(14-17-29(23)26-6-4-3-5-7-26)32(38)33-19-18-30(35)34-28-15-12-25(13-16-28)24-10-8-22(9-11-24)20-31(36)37/h3-7,12-17,21-22,24H,2,8-11,18-20H2,1H3,(H,33,38)(H,34,35)(H,36,37)/t22-,24-. The molecule has 4 rings (SSSR count). The fourth-order valence-electron chi connectivity index (χ4n) is 5.33. The van der Waals surface area contributed by atoms with Gasteiger partial charge in [-0.15, -0.1) is 0 Å². The lowest BCUT2D eigenvalue weighted by atomic mass is 9.77. The zero-order chi connectivity index (χ0) is 26.9. The molecule has 1 fully saturated rings. The second-order valence-corrected chi connectivity index (χ2v) is 10.1. The van der Waals surface area contributed by atoms with Gasteiger partial charge >= 0.3 is 5.97 Å². The molecule has 3 aromatic rings. The lowest BCUT2D eigenvalue weighted by molar-refractivity contribution is -0.138. The number of carboxylic acid groups (broad SMARTS) is 1. The molecule has 38 heavy (non-hydrogen) atoms. The summed E-state index contributed by atoms with van der Waals surface area (Å²) >= 11 is 0. The van der Waals surface area contributed by atoms with Gasteiger partial charge in [0.2, 0.25) is 5.91 Å². The molecule has 2 amide bonds. The van der Waals surface area contributed by atoms with Crippen molar-refractivity contribution in [3.05, 3.63) is 89.5 Å². The molecule has 0 aromatic heterocycles. The molecule has 3 N–H and O–H groups in total. The molecule has 0 spiro atoms. The number of hydrogen-bond acceptors (Lipinski definition) is 3. The van der Waals surface area contributed by atoms with E-state index in [0.29, 0.717) is 11.5 Å². The van der Waals surface area contributed by atoms with Crippen LogP contribution in [0.3, 0.4) is 0 Å². The SMILES string of the molecule is CCc1cc(C(=O)NCCC(=O)Nc2ccc([C@H]3CC[C@H](CC(=O)O)CC3)cc2)ccc1-c1ccccc1. The molecule has 0 aliphatic heterocycles. The average molecular weight is 513 g/mol. The van der Waals surface area contributed by atoms with E-state index in [-0.39, 0.29) is 37.1 Å². The minimum atomic E-state index is -0.712. The van der Waals surface area contributed by atoms with Crippen molar-refractivity contribution in [3.8, 4) is 11.1 Å². The molecular formula is C32H36N2O4. The molecule has 0 saturated heterocycles. The fourth-order valence-corrected chi connectivity index (χ4v) is 5.33. The van der Waals surface area contributed by atoms with Crippen molar-refractivity contribution in [3.63, 3.8) is 0 Å². The van der Waals surface area contributed by atoms with Crippen molar-refractivity contribution in [1.82, 2.24) is 5.32 Å². The highest BCUT2D eigenvalue weighted by atomic mass is 16.4. The average Bonchev–Trinajstić information content (AvgIpc) is 2.93. The molecule has 0 heterocycles. The van der Waals surface area contributed by atoms with Crippen LogP contribution in [-0.4, -0.2) is 29.4 Å². The van der Waals surface area contributed by atoms with E-state index in [4.69, 9.17) is 5.11 Å². The van der Waals surface area contributed by atoms with Gasteiger partial charge in [0.25, 0.3) is 5.91 Å². The predicted molar refractivity (Wildman–Crippen MR) is 150 cm³/mol. The third-order valence-corrected chi connectivity index (χ3v) is 7.45. The lowest BCUT2D eigenvalue weighted by Crippen LogP contribution is -2.27. The van der Waals surface area contributed by atoms with Crippen LogP contribution in [0.5, 0.6) is 0 Å². The summed E-state index contributed by atoms with van der Waals surface area (Å²) in [6.45, 7) is 2.33. The van der Waals surface area contributed by atoms with Crippen LogP contribution in [0.15, 0.2) is 72.8 Å². The Morgan fingerprint density at radius 3 is 2.26 bits per heavy atom. The highest BCUT2D eigenvalue weighted by molar-refractivity contribution is 5.96. The monoisotopic (exact) mass is 512 g/mol. The number of rotatable bonds is 10. The number of carboxylic acids is 1. The topological polar surface area (TPSA) is 95.5 Å². The van der Waals surface area contributed by atoms with Gasteiger partial charge in [0.15, 0.2) is 0 Å². The third kappa shape index (κ3) is 7.31. The second kappa shape index (κ2) is 13.0. The van der Waals surface area contributed by atoms with Crippen LogP contribution in [0.4, 0.5) is 5.69 Å². The van der Waals surface area contributed by atoms with Crippen molar-refractivity contribution in [2.45, 2.75) is 57.8 Å². The highest BCUT2D eigenvalue weighted by Gasteiger charge is 2.24. The van der Waals surface area contributed by atoms with Gasteiger partial charge in [0.05, 0.1) is 0 Å². The van der Waals surface area contributed by atoms with Gasteiger partial charge in [0.1, 0.15) is 0 Å². The Kier molecular flexibility index (Phi) is 9.30. The molecular weight excluding hydrogens is 476 g/mol. The van der Waals surface area contributed by atoms with E-state index < -0.39 is 5.97 Å². The van der Waals surface area contributed by atoms with Crippen LogP contribution >= 0.6 is 0 Å². The number of hydrogen-bond donors (Lipinski definition) is 3. The van der Waals surface area contributed by atoms with Gasteiger partial charge in [-0.2, -0.15) is 0 Å². The number of benzene rings is 3. The summed E-state index contributed by atoms with van der Waals surface area (Å²) in [5.74, 6) is -0.327. The number of aliphatic carboxylic acids is 1. The van der Waals surface area contributed by atoms with Gasteiger partial charge in [-0.3, -0.25) is 14.4 Å². The van der Waals surface area contributed by atoms with Gasteiger partial charge in [0, 0.05) is 30.6 Å². The van der Waals surface area contributed by atoms with Crippen molar-refractivity contribution >= 4 is 23.5 Å². The maximum absolute atomic E-state index is 12.7. The molecule has 6 nitrogen and oxygen atoms in total. The zero-order valence-electron chi connectivity index (χ0n) is 21.9. The predicted octanol–water partition coefficient (Wildman–Crippen LogP) is 6.42. The van der Waals surface area contributed by atoms with Crippen LogP contribution in [0.1, 0.15) is 72.9 Å². The largest absolute Gasteiger partial charge is 0.481 e. The van der Waals surface area contributed by atoms with E-state index >= 15 is 0 Å². The first kappa shape index (κ1) is 27.1. The summed E-state index contributed by atoms with van der Waals surface area (Å²) in [6, 6.07) is 23.8. The summed E-state index contributed by atoms with van der Waals surface area (Å²) in [5, 5.41) is 14.8. The quantitative estimate of drug-likeness (QED) is 0.292. The van der Waals surface area contributed by atoms with E-state index in [9.17, 15) is 14.4 Å². The van der Waals surface area contributed by atoms with E-state index in [1.807, 2.05) is 60.7 Å². The van der Waals surface area contributed by atoms with Crippen molar-refractivity contribution in [2.24, 2.45) is 5.92 Å². The Bertz CT molecular complexity index is 1250. The molecule has 0 radical (unpaired) electrons. The second-order valence-electron chi connectivity index (χ2n) is 10.1. The van der Waals surface area contributed by atoms with E-state index in [1.165, 1.54) is 5.56 Å². The fraction of sp³-hybridized carbons (Fsp3) is 0.344. The Morgan fingerprint density at radius 1 is 0.895 bits per heavy atom. The van der Waals surface area contributed by atoms with Gasteiger partial charge in [-0.05, 0) is 90.5 Å². The maximum Gasteiger partial charge on any atom is 0.303 e. The molecule has 0 bridgehead atoms. The normalized spacial score (nSPS) is 17.0. The first-order valence-corrected chi connectivity index (χ1v) is 13.5. The van der Waals surface area contributed by atoms with Crippen LogP contribution in [0, 0.1) is 5.92 Å². The molecule has 0 unspecified atom stereocenters. The summed E-state index contributed by atoms with van der Waals surface area (Å²) in [7, 11) is 0. The Morgan fingerprint density at radius 2 is 1.61 bits per heavy atom. The number of carbonyl (C=O) groups excluding carboxylic acids is 2. The minimum absolute atomic E-state index is 0.152. The van der Waals surface area contributed by atoms with Crippen LogP contribution in [-0.2, 0) is 16.0 Å². The Balaban J connectivity index is 1.23. The molecule has 1 saturated carbocycles. The number of nitrogens with one attached hydrogen (secondary N) is 2. The van der Waals surface area contributed by atoms with Gasteiger partial charge in [-0.1, -0.05) is 55.5 Å². The number of carbonyl (C=O) groups is 3.